The minimum atomic E-state index is -0.501. The van der Waals surface area contributed by atoms with E-state index in [2.05, 4.69) is 20.8 Å². The molecular formula is C19H30O3. The lowest BCUT2D eigenvalue weighted by Crippen LogP contribution is -2.57. The van der Waals surface area contributed by atoms with E-state index in [1.165, 1.54) is 25.7 Å². The third kappa shape index (κ3) is 1.75. The summed E-state index contributed by atoms with van der Waals surface area (Å²) in [5.41, 5.74) is -0.241. The van der Waals surface area contributed by atoms with Crippen LogP contribution in [0.2, 0.25) is 0 Å². The predicted molar refractivity (Wildman–Crippen MR) is 84.1 cm³/mol. The largest absolute Gasteiger partial charge is 0.465 e. The second-order valence-electron chi connectivity index (χ2n) is 9.29. The average Bonchev–Trinajstić information content (AvgIpc) is 2.70. The summed E-state index contributed by atoms with van der Waals surface area (Å²) in [6, 6.07) is 0. The molecular weight excluding hydrogens is 276 g/mol. The highest BCUT2D eigenvalue weighted by Crippen LogP contribution is 2.67. The van der Waals surface area contributed by atoms with Gasteiger partial charge in [-0.25, -0.2) is 0 Å². The SMILES string of the molecule is CC12COC(=O)C[C@@H]1CCC1C2CCC2(C)C1CC[C@]2(C)O. The van der Waals surface area contributed by atoms with Crippen LogP contribution in [0.25, 0.3) is 0 Å². The molecule has 22 heavy (non-hydrogen) atoms. The number of fused-ring (bicyclic) bond motifs is 5. The summed E-state index contributed by atoms with van der Waals surface area (Å²) in [5, 5.41) is 10.9. The smallest absolute Gasteiger partial charge is 0.306 e. The number of hydrogen-bond donors (Lipinski definition) is 1. The first-order valence-corrected chi connectivity index (χ1v) is 9.16. The van der Waals surface area contributed by atoms with Gasteiger partial charge in [-0.1, -0.05) is 13.8 Å². The van der Waals surface area contributed by atoms with Crippen molar-refractivity contribution in [2.45, 2.75) is 71.3 Å². The molecule has 4 fully saturated rings. The van der Waals surface area contributed by atoms with Gasteiger partial charge >= 0.3 is 5.97 Å². The van der Waals surface area contributed by atoms with Crippen molar-refractivity contribution in [3.8, 4) is 0 Å². The molecule has 0 aromatic heterocycles. The van der Waals surface area contributed by atoms with Gasteiger partial charge < -0.3 is 9.84 Å². The van der Waals surface area contributed by atoms with Gasteiger partial charge in [-0.05, 0) is 74.5 Å². The molecule has 3 nitrogen and oxygen atoms in total. The number of esters is 1. The van der Waals surface area contributed by atoms with Crippen LogP contribution in [0, 0.1) is 34.5 Å². The number of aliphatic hydroxyl groups is 1. The van der Waals surface area contributed by atoms with Gasteiger partial charge in [-0.3, -0.25) is 4.79 Å². The maximum atomic E-state index is 11.7. The van der Waals surface area contributed by atoms with Gasteiger partial charge in [0.15, 0.2) is 0 Å². The van der Waals surface area contributed by atoms with Crippen molar-refractivity contribution >= 4 is 5.97 Å². The molecule has 4 aliphatic rings. The zero-order chi connectivity index (χ0) is 15.8. The Bertz CT molecular complexity index is 499. The van der Waals surface area contributed by atoms with Crippen LogP contribution in [0.5, 0.6) is 0 Å². The van der Waals surface area contributed by atoms with Crippen LogP contribution in [0.4, 0.5) is 0 Å². The molecule has 1 aliphatic heterocycles. The zero-order valence-electron chi connectivity index (χ0n) is 14.2. The molecule has 0 aromatic carbocycles. The third-order valence-corrected chi connectivity index (χ3v) is 8.58. The fourth-order valence-corrected chi connectivity index (χ4v) is 6.83. The Hall–Kier alpha value is -0.570. The minimum absolute atomic E-state index is 0.00497. The molecule has 0 bridgehead atoms. The Labute approximate surface area is 133 Å². The topological polar surface area (TPSA) is 46.5 Å². The van der Waals surface area contributed by atoms with E-state index in [4.69, 9.17) is 4.74 Å². The maximum absolute atomic E-state index is 11.7. The van der Waals surface area contributed by atoms with E-state index in [0.717, 1.165) is 12.8 Å². The molecule has 1 N–H and O–H groups in total. The van der Waals surface area contributed by atoms with E-state index in [1.807, 2.05) is 0 Å². The number of carbonyl (C=O) groups excluding carboxylic acids is 1. The van der Waals surface area contributed by atoms with Crippen molar-refractivity contribution in [3.05, 3.63) is 0 Å². The van der Waals surface area contributed by atoms with E-state index in [-0.39, 0.29) is 16.8 Å². The van der Waals surface area contributed by atoms with Gasteiger partial charge in [0.25, 0.3) is 0 Å². The highest BCUT2D eigenvalue weighted by Gasteiger charge is 2.63. The zero-order valence-corrected chi connectivity index (χ0v) is 14.2. The van der Waals surface area contributed by atoms with Gasteiger partial charge in [0.05, 0.1) is 12.2 Å². The molecule has 0 amide bonds. The molecule has 0 radical (unpaired) electrons. The monoisotopic (exact) mass is 306 g/mol. The van der Waals surface area contributed by atoms with Crippen LogP contribution in [0.1, 0.15) is 65.7 Å². The summed E-state index contributed by atoms with van der Waals surface area (Å²) in [4.78, 5) is 11.7. The summed E-state index contributed by atoms with van der Waals surface area (Å²) in [6.45, 7) is 7.38. The number of cyclic esters (lactones) is 1. The number of rotatable bonds is 0. The van der Waals surface area contributed by atoms with Crippen molar-refractivity contribution < 1.29 is 14.6 Å². The van der Waals surface area contributed by atoms with Gasteiger partial charge in [-0.15, -0.1) is 0 Å². The molecule has 7 atom stereocenters. The first-order valence-electron chi connectivity index (χ1n) is 9.16. The highest BCUT2D eigenvalue weighted by atomic mass is 16.5. The summed E-state index contributed by atoms with van der Waals surface area (Å²) < 4.78 is 5.49. The Morgan fingerprint density at radius 2 is 1.77 bits per heavy atom. The lowest BCUT2D eigenvalue weighted by atomic mass is 9.46. The highest BCUT2D eigenvalue weighted by molar-refractivity contribution is 5.70. The van der Waals surface area contributed by atoms with Crippen molar-refractivity contribution in [1.29, 1.82) is 0 Å². The van der Waals surface area contributed by atoms with E-state index < -0.39 is 5.60 Å². The molecule has 3 saturated carbocycles. The van der Waals surface area contributed by atoms with Crippen LogP contribution in [-0.4, -0.2) is 23.3 Å². The number of carbonyl (C=O) groups is 1. The molecule has 1 heterocycles. The Morgan fingerprint density at radius 1 is 1.05 bits per heavy atom. The van der Waals surface area contributed by atoms with Gasteiger partial charge in [0.2, 0.25) is 0 Å². The van der Waals surface area contributed by atoms with E-state index in [0.29, 0.717) is 36.7 Å². The van der Waals surface area contributed by atoms with Crippen LogP contribution < -0.4 is 0 Å². The van der Waals surface area contributed by atoms with Crippen LogP contribution in [0.3, 0.4) is 0 Å². The van der Waals surface area contributed by atoms with Gasteiger partial charge in [-0.2, -0.15) is 0 Å². The molecule has 4 rings (SSSR count). The van der Waals surface area contributed by atoms with Gasteiger partial charge in [0, 0.05) is 11.8 Å². The molecule has 0 aromatic rings. The second kappa shape index (κ2) is 4.49. The Kier molecular flexibility index (Phi) is 3.06. The second-order valence-corrected chi connectivity index (χ2v) is 9.29. The minimum Gasteiger partial charge on any atom is -0.465 e. The molecule has 0 spiro atoms. The fraction of sp³-hybridized carbons (Fsp3) is 0.947. The molecule has 1 saturated heterocycles. The van der Waals surface area contributed by atoms with Gasteiger partial charge in [0.1, 0.15) is 0 Å². The third-order valence-electron chi connectivity index (χ3n) is 8.58. The van der Waals surface area contributed by atoms with Crippen LogP contribution >= 0.6 is 0 Å². The molecule has 3 heteroatoms. The maximum Gasteiger partial charge on any atom is 0.306 e. The number of hydrogen-bond acceptors (Lipinski definition) is 3. The first kappa shape index (κ1) is 15.0. The quantitative estimate of drug-likeness (QED) is 0.696. The van der Waals surface area contributed by atoms with Crippen LogP contribution in [0.15, 0.2) is 0 Å². The normalized spacial score (nSPS) is 57.5. The molecule has 3 aliphatic carbocycles. The standard InChI is InChI=1S/C19H30O3/c1-17-11-22-16(20)10-12(17)4-5-13-14(17)6-8-18(2)15(13)7-9-19(18,3)21/h12-15,21H,4-11H2,1-3H3/t12-,13?,14?,15?,17?,18?,19-/m0/s1. The Morgan fingerprint density at radius 3 is 2.55 bits per heavy atom. The summed E-state index contributed by atoms with van der Waals surface area (Å²) in [7, 11) is 0. The first-order chi connectivity index (χ1) is 10.3. The summed E-state index contributed by atoms with van der Waals surface area (Å²) in [5.74, 6) is 2.56. The Balaban J connectivity index is 1.65. The lowest BCUT2D eigenvalue weighted by Gasteiger charge is -2.60. The lowest BCUT2D eigenvalue weighted by molar-refractivity contribution is -0.186. The van der Waals surface area contributed by atoms with E-state index in [9.17, 15) is 9.90 Å². The van der Waals surface area contributed by atoms with E-state index >= 15 is 0 Å². The number of ether oxygens (including phenoxy) is 1. The van der Waals surface area contributed by atoms with Crippen molar-refractivity contribution in [2.24, 2.45) is 34.5 Å². The van der Waals surface area contributed by atoms with E-state index in [1.54, 1.807) is 0 Å². The summed E-state index contributed by atoms with van der Waals surface area (Å²) >= 11 is 0. The van der Waals surface area contributed by atoms with Crippen LogP contribution in [-0.2, 0) is 9.53 Å². The average molecular weight is 306 g/mol. The van der Waals surface area contributed by atoms with Crippen molar-refractivity contribution in [2.75, 3.05) is 6.61 Å². The molecule has 124 valence electrons. The fourth-order valence-electron chi connectivity index (χ4n) is 6.83. The summed E-state index contributed by atoms with van der Waals surface area (Å²) in [6.07, 6.45) is 7.48. The molecule has 5 unspecified atom stereocenters. The van der Waals surface area contributed by atoms with Crippen molar-refractivity contribution in [3.63, 3.8) is 0 Å². The predicted octanol–water partition coefficient (Wildman–Crippen LogP) is 3.54. The van der Waals surface area contributed by atoms with Crippen molar-refractivity contribution in [1.82, 2.24) is 0 Å².